The predicted molar refractivity (Wildman–Crippen MR) is 80.9 cm³/mol. The number of benzene rings is 1. The van der Waals surface area contributed by atoms with Gasteiger partial charge in [0.2, 0.25) is 0 Å². The van der Waals surface area contributed by atoms with E-state index in [0.29, 0.717) is 6.54 Å². The first kappa shape index (κ1) is 14.0. The number of hydrogen-bond acceptors (Lipinski definition) is 3. The Balaban J connectivity index is 2.03. The van der Waals surface area contributed by atoms with Gasteiger partial charge < -0.3 is 5.32 Å². The van der Waals surface area contributed by atoms with Crippen molar-refractivity contribution in [2.24, 2.45) is 0 Å². The van der Waals surface area contributed by atoms with E-state index in [-0.39, 0.29) is 11.5 Å². The van der Waals surface area contributed by atoms with E-state index in [1.54, 1.807) is 17.4 Å². The molecule has 0 aliphatic rings. The van der Waals surface area contributed by atoms with Gasteiger partial charge >= 0.3 is 0 Å². The van der Waals surface area contributed by atoms with E-state index in [2.05, 4.69) is 5.32 Å². The molecule has 0 aliphatic heterocycles. The molecule has 1 amide bonds. The van der Waals surface area contributed by atoms with Gasteiger partial charge in [-0.05, 0) is 30.7 Å². The highest BCUT2D eigenvalue weighted by atomic mass is 32.1. The molecule has 3 nitrogen and oxygen atoms in total. The molecule has 0 bridgehead atoms. The molecule has 0 unspecified atom stereocenters. The molecule has 0 radical (unpaired) electrons. The summed E-state index contributed by atoms with van der Waals surface area (Å²) in [5.74, 6) is -0.345. The van der Waals surface area contributed by atoms with E-state index in [4.69, 9.17) is 5.26 Å². The van der Waals surface area contributed by atoms with E-state index >= 15 is 0 Å². The first-order chi connectivity index (χ1) is 9.69. The van der Waals surface area contributed by atoms with Crippen LogP contribution in [0.4, 0.5) is 0 Å². The fourth-order valence-corrected chi connectivity index (χ4v) is 2.52. The highest BCUT2D eigenvalue weighted by Crippen LogP contribution is 2.18. The van der Waals surface area contributed by atoms with E-state index in [1.807, 2.05) is 55.5 Å². The summed E-state index contributed by atoms with van der Waals surface area (Å²) in [7, 11) is 0. The minimum absolute atomic E-state index is 0.128. The van der Waals surface area contributed by atoms with Crippen LogP contribution < -0.4 is 5.32 Å². The van der Waals surface area contributed by atoms with Crippen LogP contribution >= 0.6 is 11.3 Å². The van der Waals surface area contributed by atoms with Crippen molar-refractivity contribution < 1.29 is 4.79 Å². The van der Waals surface area contributed by atoms with Crippen LogP contribution in [0.25, 0.3) is 6.08 Å². The SMILES string of the molecule is Cc1ccc(C=C(C#N)C(=O)NCc2ccccc2)s1. The lowest BCUT2D eigenvalue weighted by Gasteiger charge is -2.03. The second kappa shape index (κ2) is 6.69. The van der Waals surface area contributed by atoms with Gasteiger partial charge in [-0.1, -0.05) is 30.3 Å². The quantitative estimate of drug-likeness (QED) is 0.691. The van der Waals surface area contributed by atoms with Crippen molar-refractivity contribution in [2.45, 2.75) is 13.5 Å². The maximum absolute atomic E-state index is 12.0. The van der Waals surface area contributed by atoms with Gasteiger partial charge in [0, 0.05) is 16.3 Å². The summed E-state index contributed by atoms with van der Waals surface area (Å²) in [6.45, 7) is 2.41. The normalized spacial score (nSPS) is 10.9. The second-order valence-electron chi connectivity index (χ2n) is 4.29. The van der Waals surface area contributed by atoms with E-state index in [0.717, 1.165) is 15.3 Å². The van der Waals surface area contributed by atoms with Gasteiger partial charge in [-0.25, -0.2) is 0 Å². The van der Waals surface area contributed by atoms with Crippen LogP contribution in [-0.2, 0) is 11.3 Å². The van der Waals surface area contributed by atoms with Gasteiger partial charge in [-0.2, -0.15) is 5.26 Å². The minimum Gasteiger partial charge on any atom is -0.347 e. The van der Waals surface area contributed by atoms with Gasteiger partial charge in [-0.15, -0.1) is 11.3 Å². The Kier molecular flexibility index (Phi) is 4.70. The van der Waals surface area contributed by atoms with Crippen LogP contribution in [0, 0.1) is 18.3 Å². The maximum Gasteiger partial charge on any atom is 0.262 e. The zero-order valence-electron chi connectivity index (χ0n) is 11.1. The lowest BCUT2D eigenvalue weighted by atomic mass is 10.2. The standard InChI is InChI=1S/C16H14N2OS/c1-12-7-8-15(20-12)9-14(10-17)16(19)18-11-13-5-3-2-4-6-13/h2-9H,11H2,1H3,(H,18,19). The maximum atomic E-state index is 12.0. The molecule has 2 rings (SSSR count). The third kappa shape index (κ3) is 3.81. The number of thiophene rings is 1. The van der Waals surface area contributed by atoms with Gasteiger partial charge in [-0.3, -0.25) is 4.79 Å². The molecule has 2 aromatic rings. The van der Waals surface area contributed by atoms with Crippen molar-refractivity contribution in [3.8, 4) is 6.07 Å². The Labute approximate surface area is 122 Å². The summed E-state index contributed by atoms with van der Waals surface area (Å²) < 4.78 is 0. The molecule has 4 heteroatoms. The Morgan fingerprint density at radius 2 is 2.05 bits per heavy atom. The van der Waals surface area contributed by atoms with E-state index < -0.39 is 0 Å². The van der Waals surface area contributed by atoms with Crippen molar-refractivity contribution in [3.63, 3.8) is 0 Å². The van der Waals surface area contributed by atoms with Gasteiger partial charge in [0.1, 0.15) is 11.6 Å². The highest BCUT2D eigenvalue weighted by molar-refractivity contribution is 7.12. The molecule has 1 N–H and O–H groups in total. The first-order valence-electron chi connectivity index (χ1n) is 6.19. The number of hydrogen-bond donors (Lipinski definition) is 1. The Morgan fingerprint density at radius 3 is 2.65 bits per heavy atom. The van der Waals surface area contributed by atoms with Crippen molar-refractivity contribution in [3.05, 3.63) is 63.4 Å². The summed E-state index contributed by atoms with van der Waals surface area (Å²) >= 11 is 1.56. The summed E-state index contributed by atoms with van der Waals surface area (Å²) in [6, 6.07) is 15.4. The highest BCUT2D eigenvalue weighted by Gasteiger charge is 2.09. The van der Waals surface area contributed by atoms with Crippen LogP contribution in [0.15, 0.2) is 48.0 Å². The van der Waals surface area contributed by atoms with Gasteiger partial charge in [0.15, 0.2) is 0 Å². The molecule has 0 fully saturated rings. The smallest absolute Gasteiger partial charge is 0.262 e. The fraction of sp³-hybridized carbons (Fsp3) is 0.125. The number of nitrogens with one attached hydrogen (secondary N) is 1. The minimum atomic E-state index is -0.345. The van der Waals surface area contributed by atoms with Crippen LogP contribution in [0.5, 0.6) is 0 Å². The molecule has 0 saturated carbocycles. The number of carbonyl (C=O) groups is 1. The van der Waals surface area contributed by atoms with Crippen LogP contribution in [0.2, 0.25) is 0 Å². The van der Waals surface area contributed by atoms with Crippen LogP contribution in [-0.4, -0.2) is 5.91 Å². The predicted octanol–water partition coefficient (Wildman–Crippen LogP) is 3.28. The number of amides is 1. The van der Waals surface area contributed by atoms with Crippen molar-refractivity contribution in [1.29, 1.82) is 5.26 Å². The number of carbonyl (C=O) groups excluding carboxylic acids is 1. The number of nitrogens with zero attached hydrogens (tertiary/aromatic N) is 1. The third-order valence-electron chi connectivity index (χ3n) is 2.71. The molecular weight excluding hydrogens is 268 g/mol. The molecule has 0 atom stereocenters. The monoisotopic (exact) mass is 282 g/mol. The number of rotatable bonds is 4. The lowest BCUT2D eigenvalue weighted by molar-refractivity contribution is -0.117. The Hall–Kier alpha value is -2.38. The lowest BCUT2D eigenvalue weighted by Crippen LogP contribution is -2.23. The van der Waals surface area contributed by atoms with Crippen molar-refractivity contribution in [2.75, 3.05) is 0 Å². The molecule has 1 aromatic heterocycles. The molecule has 20 heavy (non-hydrogen) atoms. The molecule has 100 valence electrons. The average molecular weight is 282 g/mol. The Bertz CT molecular complexity index is 665. The van der Waals surface area contributed by atoms with Gasteiger partial charge in [0.05, 0.1) is 0 Å². The third-order valence-corrected chi connectivity index (χ3v) is 3.66. The molecule has 0 spiro atoms. The largest absolute Gasteiger partial charge is 0.347 e. The summed E-state index contributed by atoms with van der Waals surface area (Å²) in [6.07, 6.45) is 1.62. The van der Waals surface area contributed by atoms with Crippen LogP contribution in [0.1, 0.15) is 15.3 Å². The summed E-state index contributed by atoms with van der Waals surface area (Å²) in [5, 5.41) is 11.8. The second-order valence-corrected chi connectivity index (χ2v) is 5.61. The number of aryl methyl sites for hydroxylation is 1. The van der Waals surface area contributed by atoms with Crippen LogP contribution in [0.3, 0.4) is 0 Å². The topological polar surface area (TPSA) is 52.9 Å². The van der Waals surface area contributed by atoms with Crippen molar-refractivity contribution >= 4 is 23.3 Å². The van der Waals surface area contributed by atoms with Crippen molar-refractivity contribution in [1.82, 2.24) is 5.32 Å². The zero-order valence-corrected chi connectivity index (χ0v) is 11.9. The van der Waals surface area contributed by atoms with E-state index in [9.17, 15) is 4.79 Å². The van der Waals surface area contributed by atoms with E-state index in [1.165, 1.54) is 0 Å². The fourth-order valence-electron chi connectivity index (χ4n) is 1.70. The number of nitriles is 1. The average Bonchev–Trinajstić information content (AvgIpc) is 2.88. The Morgan fingerprint density at radius 1 is 1.30 bits per heavy atom. The molecular formula is C16H14N2OS. The first-order valence-corrected chi connectivity index (χ1v) is 7.01. The van der Waals surface area contributed by atoms with Gasteiger partial charge in [0.25, 0.3) is 5.91 Å². The summed E-state index contributed by atoms with van der Waals surface area (Å²) in [5.41, 5.74) is 1.13. The molecule has 0 aliphatic carbocycles. The summed E-state index contributed by atoms with van der Waals surface area (Å²) in [4.78, 5) is 14.0. The molecule has 1 aromatic carbocycles. The molecule has 1 heterocycles. The molecule has 0 saturated heterocycles. The zero-order chi connectivity index (χ0) is 14.4.